The van der Waals surface area contributed by atoms with Gasteiger partial charge in [-0.3, -0.25) is 4.57 Å². The van der Waals surface area contributed by atoms with Crippen LogP contribution in [0.4, 0.5) is 5.82 Å². The molecule has 110 valence electrons. The van der Waals surface area contributed by atoms with Crippen molar-refractivity contribution in [1.82, 2.24) is 19.5 Å². The van der Waals surface area contributed by atoms with Crippen molar-refractivity contribution >= 4 is 22.9 Å². The summed E-state index contributed by atoms with van der Waals surface area (Å²) in [4.78, 5) is 16.0. The largest absolute Gasteiger partial charge is 0.394 e. The number of aromatic nitrogens is 4. The summed E-state index contributed by atoms with van der Waals surface area (Å²) in [5.74, 6) is 2.66. The molecule has 1 saturated heterocycles. The summed E-state index contributed by atoms with van der Waals surface area (Å²) in [7, 11) is 0. The fourth-order valence-corrected chi connectivity index (χ4v) is 2.29. The van der Waals surface area contributed by atoms with E-state index in [2.05, 4.69) is 32.4 Å². The molecule has 0 spiro atoms. The molecular formula is C12H13N5O4. The lowest BCUT2D eigenvalue weighted by atomic mass is 10.1. The van der Waals surface area contributed by atoms with Gasteiger partial charge in [-0.05, 0) is 12.4 Å². The van der Waals surface area contributed by atoms with Crippen molar-refractivity contribution in [3.05, 3.63) is 19.2 Å². The minimum atomic E-state index is -1.21. The van der Waals surface area contributed by atoms with Crippen molar-refractivity contribution in [3.8, 4) is 0 Å². The first-order valence-corrected chi connectivity index (χ1v) is 6.20. The lowest BCUT2D eigenvalue weighted by Gasteiger charge is -2.16. The zero-order valence-electron chi connectivity index (χ0n) is 10.9. The monoisotopic (exact) mass is 291 g/mol. The van der Waals surface area contributed by atoms with E-state index < -0.39 is 31.1 Å². The fourth-order valence-electron chi connectivity index (χ4n) is 2.29. The number of rotatable bonds is 3. The molecule has 2 aromatic rings. The Hall–Kier alpha value is -2.16. The van der Waals surface area contributed by atoms with Crippen molar-refractivity contribution in [1.29, 1.82) is 0 Å². The van der Waals surface area contributed by atoms with Gasteiger partial charge in [0.1, 0.15) is 24.6 Å². The van der Waals surface area contributed by atoms with E-state index in [1.54, 1.807) is 0 Å². The first-order valence-electron chi connectivity index (χ1n) is 6.20. The fraction of sp³-hybridized carbons (Fsp3) is 0.417. The van der Waals surface area contributed by atoms with Crippen LogP contribution in [0.3, 0.4) is 0 Å². The van der Waals surface area contributed by atoms with Crippen molar-refractivity contribution in [2.75, 3.05) is 6.61 Å². The predicted molar refractivity (Wildman–Crippen MR) is 71.1 cm³/mol. The number of hydrogen-bond donors (Lipinski definition) is 3. The average Bonchev–Trinajstić information content (AvgIpc) is 3.03. The summed E-state index contributed by atoms with van der Waals surface area (Å²) in [6, 6.07) is 0. The van der Waals surface area contributed by atoms with Crippen LogP contribution in [-0.4, -0.2) is 65.6 Å². The Morgan fingerprint density at radius 3 is 2.81 bits per heavy atom. The zero-order valence-corrected chi connectivity index (χ0v) is 10.9. The van der Waals surface area contributed by atoms with Crippen molar-refractivity contribution < 1.29 is 20.1 Å². The molecule has 3 N–H and O–H groups in total. The molecular weight excluding hydrogens is 278 g/mol. The second-order valence-corrected chi connectivity index (χ2v) is 4.52. The third-order valence-corrected chi connectivity index (χ3v) is 3.32. The van der Waals surface area contributed by atoms with Crippen LogP contribution in [0.5, 0.6) is 0 Å². The maximum absolute atomic E-state index is 10.0. The average molecular weight is 291 g/mol. The molecule has 1 aliphatic heterocycles. The normalized spacial score (nSPS) is 28.7. The highest BCUT2D eigenvalue weighted by Crippen LogP contribution is 2.32. The van der Waals surface area contributed by atoms with E-state index in [1.807, 2.05) is 0 Å². The molecule has 3 rings (SSSR count). The Morgan fingerprint density at radius 1 is 1.33 bits per heavy atom. The lowest BCUT2D eigenvalue weighted by molar-refractivity contribution is -0.0511. The Kier molecular flexibility index (Phi) is 3.50. The molecule has 0 aromatic carbocycles. The molecule has 0 amide bonds. The summed E-state index contributed by atoms with van der Waals surface area (Å²) in [6.45, 7) is 2.98. The maximum Gasteiger partial charge on any atom is 0.192 e. The third-order valence-electron chi connectivity index (χ3n) is 3.32. The number of ether oxygens (including phenoxy) is 1. The van der Waals surface area contributed by atoms with Crippen LogP contribution in [-0.2, 0) is 4.74 Å². The molecule has 1 aliphatic rings. The second-order valence-electron chi connectivity index (χ2n) is 4.52. The number of aliphatic hydroxyl groups is 3. The van der Waals surface area contributed by atoms with Gasteiger partial charge in [-0.2, -0.15) is 4.99 Å². The van der Waals surface area contributed by atoms with Gasteiger partial charge >= 0.3 is 0 Å². The smallest absolute Gasteiger partial charge is 0.192 e. The number of fused-ring (bicyclic) bond motifs is 1. The minimum Gasteiger partial charge on any atom is -0.394 e. The van der Waals surface area contributed by atoms with Crippen LogP contribution < -0.4 is 0 Å². The molecule has 4 atom stereocenters. The van der Waals surface area contributed by atoms with Gasteiger partial charge in [-0.15, -0.1) is 0 Å². The summed E-state index contributed by atoms with van der Waals surface area (Å²) >= 11 is 0. The summed E-state index contributed by atoms with van der Waals surface area (Å²) in [5, 5.41) is 29.0. The highest BCUT2D eigenvalue weighted by Gasteiger charge is 2.43. The first-order chi connectivity index (χ1) is 10.2. The zero-order chi connectivity index (χ0) is 15.0. The van der Waals surface area contributed by atoms with Gasteiger partial charge in [0, 0.05) is 0 Å². The van der Waals surface area contributed by atoms with Gasteiger partial charge in [0.25, 0.3) is 0 Å². The SMILES string of the molecule is C=C=Nc1ncnc2c1ncn2[C@@H]1O[C@H](CO)[C@@H](O)[C@H]1O. The Bertz CT molecular complexity index is 711. The molecule has 9 nitrogen and oxygen atoms in total. The predicted octanol–water partition coefficient (Wildman–Crippen LogP) is -1.08. The van der Waals surface area contributed by atoms with Gasteiger partial charge in [-0.1, -0.05) is 0 Å². The van der Waals surface area contributed by atoms with Crippen LogP contribution in [0, 0.1) is 0 Å². The van der Waals surface area contributed by atoms with Gasteiger partial charge in [-0.25, -0.2) is 15.0 Å². The molecule has 0 unspecified atom stereocenters. The molecule has 1 fully saturated rings. The van der Waals surface area contributed by atoms with Gasteiger partial charge in [0.15, 0.2) is 23.2 Å². The summed E-state index contributed by atoms with van der Waals surface area (Å²) in [5.41, 5.74) is 0.778. The minimum absolute atomic E-state index is 0.292. The first kappa shape index (κ1) is 13.8. The van der Waals surface area contributed by atoms with Crippen molar-refractivity contribution in [2.24, 2.45) is 4.99 Å². The van der Waals surface area contributed by atoms with Crippen molar-refractivity contribution in [3.63, 3.8) is 0 Å². The van der Waals surface area contributed by atoms with Crippen LogP contribution in [0.1, 0.15) is 6.23 Å². The number of aliphatic imine (C=N–C) groups is 1. The Morgan fingerprint density at radius 2 is 2.14 bits per heavy atom. The van der Waals surface area contributed by atoms with Gasteiger partial charge < -0.3 is 20.1 Å². The standard InChI is InChI=1S/C12H13N5O4/c1-2-13-10-7-11(15-4-14-10)17(5-16-7)12-9(20)8(19)6(3-18)21-12/h4-6,8-9,12,18-20H,1,3H2/t6-,8-,9-,12-/m1/s1. The van der Waals surface area contributed by atoms with E-state index in [-0.39, 0.29) is 0 Å². The molecule has 3 heterocycles. The van der Waals surface area contributed by atoms with Gasteiger partial charge in [0.2, 0.25) is 0 Å². The number of aliphatic hydroxyl groups excluding tert-OH is 3. The number of imidazole rings is 1. The van der Waals surface area contributed by atoms with E-state index in [4.69, 9.17) is 9.84 Å². The molecule has 2 aromatic heterocycles. The third kappa shape index (κ3) is 2.13. The maximum atomic E-state index is 10.0. The molecule has 0 bridgehead atoms. The highest BCUT2D eigenvalue weighted by atomic mass is 16.6. The quantitative estimate of drug-likeness (QED) is 0.614. The molecule has 21 heavy (non-hydrogen) atoms. The summed E-state index contributed by atoms with van der Waals surface area (Å²) < 4.78 is 6.90. The molecule has 0 radical (unpaired) electrons. The highest BCUT2D eigenvalue weighted by molar-refractivity contribution is 5.82. The van der Waals surface area contributed by atoms with E-state index in [9.17, 15) is 10.2 Å². The second kappa shape index (κ2) is 5.32. The lowest BCUT2D eigenvalue weighted by Crippen LogP contribution is -2.33. The van der Waals surface area contributed by atoms with E-state index >= 15 is 0 Å². The van der Waals surface area contributed by atoms with Crippen LogP contribution in [0.25, 0.3) is 11.2 Å². The topological polar surface area (TPSA) is 126 Å². The molecule has 0 aliphatic carbocycles. The van der Waals surface area contributed by atoms with E-state index in [0.29, 0.717) is 17.0 Å². The van der Waals surface area contributed by atoms with Crippen LogP contribution >= 0.6 is 0 Å². The Labute approximate surface area is 118 Å². The number of nitrogens with zero attached hydrogens (tertiary/aromatic N) is 5. The van der Waals surface area contributed by atoms with Crippen molar-refractivity contribution in [2.45, 2.75) is 24.5 Å². The molecule has 0 saturated carbocycles. The van der Waals surface area contributed by atoms with Crippen LogP contribution in [0.15, 0.2) is 24.2 Å². The van der Waals surface area contributed by atoms with Gasteiger partial charge in [0.05, 0.1) is 12.9 Å². The van der Waals surface area contributed by atoms with E-state index in [0.717, 1.165) is 0 Å². The van der Waals surface area contributed by atoms with Crippen LogP contribution in [0.2, 0.25) is 0 Å². The number of hydrogen-bond acceptors (Lipinski definition) is 8. The molecule has 9 heteroatoms. The van der Waals surface area contributed by atoms with E-state index in [1.165, 1.54) is 17.2 Å². The Balaban J connectivity index is 2.06. The summed E-state index contributed by atoms with van der Waals surface area (Å²) in [6.07, 6.45) is -1.47.